The highest BCUT2D eigenvalue weighted by Gasteiger charge is 2.18. The van der Waals surface area contributed by atoms with Crippen molar-refractivity contribution in [3.05, 3.63) is 71.5 Å². The lowest BCUT2D eigenvalue weighted by atomic mass is 10.1. The summed E-state index contributed by atoms with van der Waals surface area (Å²) in [6, 6.07) is 15.5. The van der Waals surface area contributed by atoms with Crippen LogP contribution in [0.25, 0.3) is 5.69 Å². The van der Waals surface area contributed by atoms with Crippen LogP contribution in [-0.2, 0) is 9.53 Å². The van der Waals surface area contributed by atoms with E-state index >= 15 is 0 Å². The number of hydrogen-bond donors (Lipinski definition) is 1. The lowest BCUT2D eigenvalue weighted by molar-refractivity contribution is -0.119. The molecule has 1 aliphatic rings. The third kappa shape index (κ3) is 4.60. The number of ether oxygens (including phenoxy) is 1. The molecule has 1 aromatic heterocycles. The smallest absolute Gasteiger partial charge is 0.342 e. The number of rotatable bonds is 6. The third-order valence-corrected chi connectivity index (χ3v) is 5.52. The normalized spacial score (nSPS) is 13.3. The van der Waals surface area contributed by atoms with Crippen LogP contribution in [0.5, 0.6) is 0 Å². The van der Waals surface area contributed by atoms with Crippen LogP contribution in [0.2, 0.25) is 0 Å². The number of nitrogens with zero attached hydrogens (tertiary/aromatic N) is 3. The zero-order valence-electron chi connectivity index (χ0n) is 17.8. The number of para-hydroxylation sites is 1. The Balaban J connectivity index is 1.35. The van der Waals surface area contributed by atoms with Crippen LogP contribution in [0.4, 0.5) is 11.4 Å². The molecule has 0 saturated carbocycles. The number of anilines is 2. The molecule has 1 N–H and O–H groups in total. The number of amides is 1. The van der Waals surface area contributed by atoms with Crippen molar-refractivity contribution in [2.24, 2.45) is 0 Å². The topological polar surface area (TPSA) is 76.5 Å². The third-order valence-electron chi connectivity index (χ3n) is 5.52. The van der Waals surface area contributed by atoms with Crippen LogP contribution in [0.15, 0.2) is 54.7 Å². The highest BCUT2D eigenvalue weighted by atomic mass is 16.5. The molecule has 1 aliphatic heterocycles. The summed E-state index contributed by atoms with van der Waals surface area (Å²) in [7, 11) is 0. The molecule has 7 heteroatoms. The summed E-state index contributed by atoms with van der Waals surface area (Å²) in [4.78, 5) is 27.1. The van der Waals surface area contributed by atoms with E-state index in [-0.39, 0.29) is 12.5 Å². The molecule has 0 aliphatic carbocycles. The number of aryl methyl sites for hydroxylation is 1. The van der Waals surface area contributed by atoms with Gasteiger partial charge in [-0.3, -0.25) is 4.79 Å². The first-order valence-electron chi connectivity index (χ1n) is 10.5. The first kappa shape index (κ1) is 20.7. The van der Waals surface area contributed by atoms with Crippen LogP contribution in [0.3, 0.4) is 0 Å². The lowest BCUT2D eigenvalue weighted by Gasteiger charge is -2.19. The molecule has 1 saturated heterocycles. The molecular formula is C24H26N4O3. The predicted molar refractivity (Wildman–Crippen MR) is 120 cm³/mol. The van der Waals surface area contributed by atoms with Gasteiger partial charge >= 0.3 is 5.97 Å². The zero-order valence-corrected chi connectivity index (χ0v) is 17.8. The summed E-state index contributed by atoms with van der Waals surface area (Å²) < 4.78 is 6.89. The summed E-state index contributed by atoms with van der Waals surface area (Å²) in [6.07, 6.45) is 3.89. The standard InChI is InChI=1S/C24H26N4O3/c1-17-14-20(27-12-6-7-13-27)10-11-22(17)26-23(29)16-31-24(30)21-15-25-28(18(21)2)19-8-4-3-5-9-19/h3-5,8-11,14-15H,6-7,12-13,16H2,1-2H3,(H,26,29). The second kappa shape index (κ2) is 9.04. The fraction of sp³-hybridized carbons (Fsp3) is 0.292. The van der Waals surface area contributed by atoms with Crippen LogP contribution in [-0.4, -0.2) is 41.4 Å². The summed E-state index contributed by atoms with van der Waals surface area (Å²) in [5.41, 5.74) is 4.71. The Bertz CT molecular complexity index is 1090. The van der Waals surface area contributed by atoms with E-state index in [1.54, 1.807) is 11.6 Å². The lowest BCUT2D eigenvalue weighted by Crippen LogP contribution is -2.22. The van der Waals surface area contributed by atoms with Crippen molar-refractivity contribution in [1.29, 1.82) is 0 Å². The van der Waals surface area contributed by atoms with Crippen molar-refractivity contribution in [3.63, 3.8) is 0 Å². The number of esters is 1. The number of carbonyl (C=O) groups is 2. The first-order chi connectivity index (χ1) is 15.0. The Hall–Kier alpha value is -3.61. The Kier molecular flexibility index (Phi) is 6.02. The number of nitrogens with one attached hydrogen (secondary N) is 1. The fourth-order valence-electron chi connectivity index (χ4n) is 3.79. The Morgan fingerprint density at radius 1 is 1.03 bits per heavy atom. The van der Waals surface area contributed by atoms with Crippen molar-refractivity contribution < 1.29 is 14.3 Å². The Morgan fingerprint density at radius 3 is 2.48 bits per heavy atom. The average molecular weight is 418 g/mol. The van der Waals surface area contributed by atoms with Gasteiger partial charge in [-0.25, -0.2) is 9.48 Å². The number of carbonyl (C=O) groups excluding carboxylic acids is 2. The van der Waals surface area contributed by atoms with Crippen molar-refractivity contribution in [2.75, 3.05) is 29.9 Å². The van der Waals surface area contributed by atoms with Crippen molar-refractivity contribution >= 4 is 23.3 Å². The minimum Gasteiger partial charge on any atom is -0.452 e. The molecule has 1 fully saturated rings. The predicted octanol–water partition coefficient (Wildman–Crippen LogP) is 3.88. The molecule has 31 heavy (non-hydrogen) atoms. The maximum absolute atomic E-state index is 12.5. The molecule has 2 heterocycles. The van der Waals surface area contributed by atoms with E-state index < -0.39 is 5.97 Å². The highest BCUT2D eigenvalue weighted by Crippen LogP contribution is 2.25. The molecular weight excluding hydrogens is 392 g/mol. The van der Waals surface area contributed by atoms with Crippen molar-refractivity contribution in [2.45, 2.75) is 26.7 Å². The summed E-state index contributed by atoms with van der Waals surface area (Å²) in [5, 5.41) is 7.09. The van der Waals surface area contributed by atoms with Gasteiger partial charge in [-0.1, -0.05) is 18.2 Å². The van der Waals surface area contributed by atoms with E-state index in [9.17, 15) is 9.59 Å². The molecule has 1 amide bonds. The van der Waals surface area contributed by atoms with Crippen LogP contribution in [0, 0.1) is 13.8 Å². The largest absolute Gasteiger partial charge is 0.452 e. The second-order valence-electron chi connectivity index (χ2n) is 7.71. The van der Waals surface area contributed by atoms with Gasteiger partial charge in [-0.05, 0) is 62.6 Å². The molecule has 7 nitrogen and oxygen atoms in total. The van der Waals surface area contributed by atoms with E-state index in [0.29, 0.717) is 11.3 Å². The van der Waals surface area contributed by atoms with E-state index in [1.807, 2.05) is 49.4 Å². The highest BCUT2D eigenvalue weighted by molar-refractivity contribution is 5.96. The zero-order chi connectivity index (χ0) is 21.8. The Labute approximate surface area is 181 Å². The molecule has 0 atom stereocenters. The van der Waals surface area contributed by atoms with Gasteiger partial charge in [-0.2, -0.15) is 5.10 Å². The van der Waals surface area contributed by atoms with Gasteiger partial charge in [0.25, 0.3) is 5.91 Å². The summed E-state index contributed by atoms with van der Waals surface area (Å²) in [5.74, 6) is -0.950. The SMILES string of the molecule is Cc1cc(N2CCCC2)ccc1NC(=O)COC(=O)c1cnn(-c2ccccc2)c1C. The van der Waals surface area contributed by atoms with Gasteiger partial charge in [0, 0.05) is 24.5 Å². The first-order valence-corrected chi connectivity index (χ1v) is 10.5. The molecule has 0 radical (unpaired) electrons. The number of hydrogen-bond acceptors (Lipinski definition) is 5. The van der Waals surface area contributed by atoms with Gasteiger partial charge in [-0.15, -0.1) is 0 Å². The molecule has 160 valence electrons. The summed E-state index contributed by atoms with van der Waals surface area (Å²) in [6.45, 7) is 5.54. The van der Waals surface area contributed by atoms with E-state index in [2.05, 4.69) is 21.4 Å². The van der Waals surface area contributed by atoms with Gasteiger partial charge in [0.15, 0.2) is 6.61 Å². The van der Waals surface area contributed by atoms with Gasteiger partial charge < -0.3 is 15.0 Å². The van der Waals surface area contributed by atoms with Gasteiger partial charge in [0.2, 0.25) is 0 Å². The molecule has 3 aromatic rings. The minimum atomic E-state index is -0.573. The number of benzene rings is 2. The van der Waals surface area contributed by atoms with E-state index in [0.717, 1.165) is 30.0 Å². The van der Waals surface area contributed by atoms with E-state index in [4.69, 9.17) is 4.74 Å². The van der Waals surface area contributed by atoms with Gasteiger partial charge in [0.1, 0.15) is 5.56 Å². The number of aromatic nitrogens is 2. The maximum Gasteiger partial charge on any atom is 0.342 e. The fourth-order valence-corrected chi connectivity index (χ4v) is 3.79. The van der Waals surface area contributed by atoms with Crippen LogP contribution < -0.4 is 10.2 Å². The summed E-state index contributed by atoms with van der Waals surface area (Å²) >= 11 is 0. The molecule has 0 unspecified atom stereocenters. The monoisotopic (exact) mass is 418 g/mol. The second-order valence-corrected chi connectivity index (χ2v) is 7.71. The Morgan fingerprint density at radius 2 is 1.77 bits per heavy atom. The van der Waals surface area contributed by atoms with E-state index in [1.165, 1.54) is 24.7 Å². The molecule has 2 aromatic carbocycles. The van der Waals surface area contributed by atoms with Crippen molar-refractivity contribution in [1.82, 2.24) is 9.78 Å². The van der Waals surface area contributed by atoms with Crippen molar-refractivity contribution in [3.8, 4) is 5.69 Å². The minimum absolute atomic E-state index is 0.336. The molecule has 4 rings (SSSR count). The van der Waals surface area contributed by atoms with Gasteiger partial charge in [0.05, 0.1) is 17.6 Å². The molecule has 0 spiro atoms. The van der Waals surface area contributed by atoms with Crippen LogP contribution in [0.1, 0.15) is 34.5 Å². The average Bonchev–Trinajstić information content (AvgIpc) is 3.44. The molecule has 0 bridgehead atoms. The quantitative estimate of drug-likeness (QED) is 0.615. The van der Waals surface area contributed by atoms with Crippen LogP contribution >= 0.6 is 0 Å². The maximum atomic E-state index is 12.5.